The second-order valence-corrected chi connectivity index (χ2v) is 7.05. The molecule has 0 aromatic heterocycles. The largest absolute Gasteiger partial charge is 0.326 e. The molecule has 2 aromatic carbocycles. The van der Waals surface area contributed by atoms with Crippen LogP contribution in [-0.4, -0.2) is 22.8 Å². The van der Waals surface area contributed by atoms with Gasteiger partial charge in [-0.1, -0.05) is 11.6 Å². The van der Waals surface area contributed by atoms with Crippen LogP contribution in [-0.2, 0) is 4.79 Å². The highest BCUT2D eigenvalue weighted by molar-refractivity contribution is 7.80. The maximum Gasteiger partial charge on any atom is 0.269 e. The van der Waals surface area contributed by atoms with Gasteiger partial charge < -0.3 is 5.32 Å². The molecule has 3 rings (SSSR count). The van der Waals surface area contributed by atoms with Crippen molar-refractivity contribution in [3.8, 4) is 0 Å². The highest BCUT2D eigenvalue weighted by Crippen LogP contribution is 2.30. The Hall–Kier alpha value is -2.97. The molecule has 2 aromatic rings. The number of hydrogen-bond donors (Lipinski definition) is 4. The van der Waals surface area contributed by atoms with Gasteiger partial charge in [-0.05, 0) is 73.6 Å². The zero-order valence-electron chi connectivity index (χ0n) is 14.6. The summed E-state index contributed by atoms with van der Waals surface area (Å²) in [7, 11) is 0. The monoisotopic (exact) mass is 416 g/mol. The third kappa shape index (κ3) is 5.51. The predicted molar refractivity (Wildman–Crippen MR) is 110 cm³/mol. The maximum absolute atomic E-state index is 12.1. The number of hydrogen-bond acceptors (Lipinski definition) is 4. The van der Waals surface area contributed by atoms with Gasteiger partial charge >= 0.3 is 0 Å². The number of hydrazine groups is 1. The van der Waals surface area contributed by atoms with E-state index in [2.05, 4.69) is 21.5 Å². The summed E-state index contributed by atoms with van der Waals surface area (Å²) < 4.78 is 0. The van der Waals surface area contributed by atoms with Gasteiger partial charge in [-0.25, -0.2) is 0 Å². The Labute approximate surface area is 171 Å². The molecule has 1 saturated carbocycles. The molecule has 0 spiro atoms. The van der Waals surface area contributed by atoms with Crippen LogP contribution in [0.4, 0.5) is 5.69 Å². The molecule has 0 aliphatic heterocycles. The van der Waals surface area contributed by atoms with Gasteiger partial charge in [0, 0.05) is 27.8 Å². The number of nitrogens with one attached hydrogen (secondary N) is 4. The van der Waals surface area contributed by atoms with Gasteiger partial charge in [0.05, 0.1) is 0 Å². The van der Waals surface area contributed by atoms with Crippen LogP contribution in [0.5, 0.6) is 0 Å². The number of halogens is 1. The Morgan fingerprint density at radius 2 is 1.43 bits per heavy atom. The minimum Gasteiger partial charge on any atom is -0.326 e. The molecule has 144 valence electrons. The first-order valence-corrected chi connectivity index (χ1v) is 9.29. The molecule has 1 aliphatic carbocycles. The van der Waals surface area contributed by atoms with Crippen LogP contribution in [0.2, 0.25) is 5.02 Å². The van der Waals surface area contributed by atoms with Crippen LogP contribution in [0.1, 0.15) is 33.6 Å². The van der Waals surface area contributed by atoms with Crippen molar-refractivity contribution in [2.75, 3.05) is 5.32 Å². The fraction of sp³-hybridized carbons (Fsp3) is 0.158. The second kappa shape index (κ2) is 8.81. The number of carbonyl (C=O) groups excluding carboxylic acids is 3. The molecule has 1 aliphatic rings. The van der Waals surface area contributed by atoms with Crippen molar-refractivity contribution in [3.05, 3.63) is 64.7 Å². The summed E-state index contributed by atoms with van der Waals surface area (Å²) in [5.74, 6) is -0.765. The zero-order valence-corrected chi connectivity index (χ0v) is 16.2. The maximum atomic E-state index is 12.1. The number of anilines is 1. The van der Waals surface area contributed by atoms with Crippen LogP contribution in [0, 0.1) is 5.92 Å². The molecule has 0 bridgehead atoms. The first-order valence-electron chi connectivity index (χ1n) is 8.50. The SMILES string of the molecule is O=C(NNC(=S)NC(=O)c1ccc(Cl)cc1)c1ccc(NC(=O)C2CC2)cc1. The Morgan fingerprint density at radius 3 is 2.04 bits per heavy atom. The number of carbonyl (C=O) groups is 3. The highest BCUT2D eigenvalue weighted by Gasteiger charge is 2.29. The zero-order chi connectivity index (χ0) is 20.1. The van der Waals surface area contributed by atoms with Crippen LogP contribution in [0.25, 0.3) is 0 Å². The van der Waals surface area contributed by atoms with Crippen molar-refractivity contribution in [1.29, 1.82) is 0 Å². The van der Waals surface area contributed by atoms with E-state index in [0.717, 1.165) is 12.8 Å². The molecule has 1 fully saturated rings. The summed E-state index contributed by atoms with van der Waals surface area (Å²) >= 11 is 10.8. The minimum absolute atomic E-state index is 0.000598. The average Bonchev–Trinajstić information content (AvgIpc) is 3.52. The van der Waals surface area contributed by atoms with Gasteiger partial charge in [0.1, 0.15) is 0 Å². The van der Waals surface area contributed by atoms with E-state index < -0.39 is 11.8 Å². The van der Waals surface area contributed by atoms with Crippen LogP contribution in [0.15, 0.2) is 48.5 Å². The predicted octanol–water partition coefficient (Wildman–Crippen LogP) is 2.64. The number of amides is 3. The molecule has 7 nitrogen and oxygen atoms in total. The van der Waals surface area contributed by atoms with Gasteiger partial charge in [-0.2, -0.15) is 0 Å². The third-order valence-electron chi connectivity index (χ3n) is 3.99. The normalized spacial score (nSPS) is 12.6. The Morgan fingerprint density at radius 1 is 0.857 bits per heavy atom. The van der Waals surface area contributed by atoms with E-state index in [4.69, 9.17) is 23.8 Å². The fourth-order valence-electron chi connectivity index (χ4n) is 2.29. The number of thiocarbonyl (C=S) groups is 1. The lowest BCUT2D eigenvalue weighted by molar-refractivity contribution is -0.117. The van der Waals surface area contributed by atoms with Gasteiger partial charge in [-0.15, -0.1) is 0 Å². The lowest BCUT2D eigenvalue weighted by atomic mass is 10.2. The van der Waals surface area contributed by atoms with E-state index in [9.17, 15) is 14.4 Å². The van der Waals surface area contributed by atoms with E-state index in [1.54, 1.807) is 48.5 Å². The quantitative estimate of drug-likeness (QED) is 0.453. The molecule has 0 unspecified atom stereocenters. The van der Waals surface area contributed by atoms with Gasteiger partial charge in [0.15, 0.2) is 5.11 Å². The molecular weight excluding hydrogens is 400 g/mol. The van der Waals surface area contributed by atoms with Crippen molar-refractivity contribution in [2.45, 2.75) is 12.8 Å². The smallest absolute Gasteiger partial charge is 0.269 e. The van der Waals surface area contributed by atoms with Crippen molar-refractivity contribution in [3.63, 3.8) is 0 Å². The van der Waals surface area contributed by atoms with E-state index >= 15 is 0 Å². The molecule has 0 heterocycles. The van der Waals surface area contributed by atoms with E-state index in [1.807, 2.05) is 0 Å². The van der Waals surface area contributed by atoms with Crippen molar-refractivity contribution in [2.24, 2.45) is 5.92 Å². The summed E-state index contributed by atoms with van der Waals surface area (Å²) in [5, 5.41) is 5.71. The molecule has 0 saturated heterocycles. The van der Waals surface area contributed by atoms with E-state index in [-0.39, 0.29) is 16.9 Å². The lowest BCUT2D eigenvalue weighted by Gasteiger charge is -2.11. The highest BCUT2D eigenvalue weighted by atomic mass is 35.5. The molecule has 28 heavy (non-hydrogen) atoms. The topological polar surface area (TPSA) is 99.3 Å². The van der Waals surface area contributed by atoms with Crippen LogP contribution in [0.3, 0.4) is 0 Å². The minimum atomic E-state index is -0.442. The summed E-state index contributed by atoms with van der Waals surface area (Å²) in [6, 6.07) is 12.7. The molecule has 0 radical (unpaired) electrons. The van der Waals surface area contributed by atoms with Gasteiger partial charge in [0.2, 0.25) is 5.91 Å². The van der Waals surface area contributed by atoms with Crippen LogP contribution < -0.4 is 21.5 Å². The molecule has 9 heteroatoms. The first kappa shape index (κ1) is 19.8. The number of benzene rings is 2. The summed E-state index contributed by atoms with van der Waals surface area (Å²) in [6.45, 7) is 0. The lowest BCUT2D eigenvalue weighted by Crippen LogP contribution is -2.48. The molecular formula is C19H17ClN4O3S. The Balaban J connectivity index is 1.46. The second-order valence-electron chi connectivity index (χ2n) is 6.21. The Kier molecular flexibility index (Phi) is 6.23. The summed E-state index contributed by atoms with van der Waals surface area (Å²) in [6.07, 6.45) is 1.85. The molecule has 3 amide bonds. The van der Waals surface area contributed by atoms with Crippen molar-refractivity contribution in [1.82, 2.24) is 16.2 Å². The summed E-state index contributed by atoms with van der Waals surface area (Å²) in [4.78, 5) is 35.9. The average molecular weight is 417 g/mol. The summed E-state index contributed by atoms with van der Waals surface area (Å²) in [5.41, 5.74) is 6.24. The van der Waals surface area contributed by atoms with E-state index in [1.165, 1.54) is 0 Å². The standard InChI is InChI=1S/C19H17ClN4O3S/c20-14-7-3-12(4-8-14)17(26)22-19(28)24-23-18(27)13-5-9-15(10-6-13)21-16(25)11-1-2-11/h3-11H,1-2H2,(H,21,25)(H,23,27)(H2,22,24,26,28). The first-order chi connectivity index (χ1) is 13.4. The van der Waals surface area contributed by atoms with Gasteiger partial charge in [-0.3, -0.25) is 30.6 Å². The molecule has 4 N–H and O–H groups in total. The van der Waals surface area contributed by atoms with Crippen molar-refractivity contribution >= 4 is 52.3 Å². The van der Waals surface area contributed by atoms with E-state index in [0.29, 0.717) is 21.8 Å². The molecule has 0 atom stereocenters. The Bertz CT molecular complexity index is 912. The number of rotatable bonds is 4. The van der Waals surface area contributed by atoms with Crippen LogP contribution >= 0.6 is 23.8 Å². The van der Waals surface area contributed by atoms with Crippen molar-refractivity contribution < 1.29 is 14.4 Å². The third-order valence-corrected chi connectivity index (χ3v) is 4.44. The fourth-order valence-corrected chi connectivity index (χ4v) is 2.56. The van der Waals surface area contributed by atoms with Gasteiger partial charge in [0.25, 0.3) is 11.8 Å².